The highest BCUT2D eigenvalue weighted by molar-refractivity contribution is 7.11. The van der Waals surface area contributed by atoms with E-state index in [0.29, 0.717) is 10.6 Å². The number of nitrogens with zero attached hydrogens (tertiary/aromatic N) is 3. The average molecular weight is 292 g/mol. The van der Waals surface area contributed by atoms with Gasteiger partial charge in [-0.1, -0.05) is 18.5 Å². The summed E-state index contributed by atoms with van der Waals surface area (Å²) in [6, 6.07) is 7.50. The van der Waals surface area contributed by atoms with E-state index >= 15 is 0 Å². The lowest BCUT2D eigenvalue weighted by Gasteiger charge is -2.19. The largest absolute Gasteiger partial charge is 0.368 e. The number of hydrogen-bond acceptors (Lipinski definition) is 4. The van der Waals surface area contributed by atoms with E-state index in [2.05, 4.69) is 18.0 Å². The van der Waals surface area contributed by atoms with Crippen molar-refractivity contribution in [3.05, 3.63) is 44.9 Å². The zero-order chi connectivity index (χ0) is 13.8. The first-order valence-corrected chi connectivity index (χ1v) is 7.18. The van der Waals surface area contributed by atoms with E-state index in [1.165, 1.54) is 4.88 Å². The molecule has 1 aromatic carbocycles. The van der Waals surface area contributed by atoms with Crippen LogP contribution in [0.25, 0.3) is 0 Å². The van der Waals surface area contributed by atoms with Gasteiger partial charge in [0.25, 0.3) is 0 Å². The van der Waals surface area contributed by atoms with Gasteiger partial charge in [-0.3, -0.25) is 0 Å². The van der Waals surface area contributed by atoms with Crippen molar-refractivity contribution in [3.8, 4) is 6.07 Å². The molecule has 0 spiro atoms. The summed E-state index contributed by atoms with van der Waals surface area (Å²) in [4.78, 5) is 7.55. The number of benzene rings is 1. The number of thiazole rings is 1. The molecular weight excluding hydrogens is 278 g/mol. The van der Waals surface area contributed by atoms with Crippen molar-refractivity contribution >= 4 is 28.6 Å². The first kappa shape index (κ1) is 13.9. The van der Waals surface area contributed by atoms with Crippen molar-refractivity contribution < 1.29 is 0 Å². The van der Waals surface area contributed by atoms with Gasteiger partial charge in [-0.05, 0) is 24.6 Å². The van der Waals surface area contributed by atoms with Gasteiger partial charge in [-0.2, -0.15) is 5.26 Å². The summed E-state index contributed by atoms with van der Waals surface area (Å²) in [5.74, 6) is 0. The highest BCUT2D eigenvalue weighted by atomic mass is 35.5. The van der Waals surface area contributed by atoms with Crippen molar-refractivity contribution in [3.63, 3.8) is 0 Å². The van der Waals surface area contributed by atoms with Crippen LogP contribution in [0.15, 0.2) is 24.4 Å². The second-order valence-corrected chi connectivity index (χ2v) is 5.84. The third kappa shape index (κ3) is 3.25. The Morgan fingerprint density at radius 1 is 1.47 bits per heavy atom. The minimum atomic E-state index is 0.632. The molecule has 0 aliphatic heterocycles. The fourth-order valence-corrected chi connectivity index (χ4v) is 2.90. The number of nitriles is 1. The summed E-state index contributed by atoms with van der Waals surface area (Å²) in [5, 5.41) is 10.9. The van der Waals surface area contributed by atoms with Gasteiger partial charge >= 0.3 is 0 Å². The fourth-order valence-electron chi connectivity index (χ4n) is 1.82. The number of rotatable bonds is 4. The molecule has 0 bridgehead atoms. The highest BCUT2D eigenvalue weighted by Crippen LogP contribution is 2.26. The van der Waals surface area contributed by atoms with Crippen molar-refractivity contribution in [2.75, 3.05) is 11.9 Å². The standard InChI is InChI=1S/C14H14ClN3S/c1-3-14-17-8-12(19-14)9-18(2)13-6-11(15)5-4-10(13)7-16/h4-6,8H,3,9H2,1-2H3. The van der Waals surface area contributed by atoms with Gasteiger partial charge in [0.1, 0.15) is 6.07 Å². The Balaban J connectivity index is 2.22. The van der Waals surface area contributed by atoms with E-state index in [-0.39, 0.29) is 0 Å². The molecule has 0 amide bonds. The summed E-state index contributed by atoms with van der Waals surface area (Å²) < 4.78 is 0. The topological polar surface area (TPSA) is 39.9 Å². The molecule has 5 heteroatoms. The van der Waals surface area contributed by atoms with E-state index in [4.69, 9.17) is 16.9 Å². The molecule has 19 heavy (non-hydrogen) atoms. The highest BCUT2D eigenvalue weighted by Gasteiger charge is 2.10. The number of aromatic nitrogens is 1. The SMILES string of the molecule is CCc1ncc(CN(C)c2cc(Cl)ccc2C#N)s1. The quantitative estimate of drug-likeness (QED) is 0.858. The Hall–Kier alpha value is -1.57. The van der Waals surface area contributed by atoms with Crippen molar-refractivity contribution in [1.82, 2.24) is 4.98 Å². The van der Waals surface area contributed by atoms with E-state index < -0.39 is 0 Å². The molecule has 0 saturated heterocycles. The summed E-state index contributed by atoms with van der Waals surface area (Å²) in [7, 11) is 1.96. The molecule has 0 N–H and O–H groups in total. The predicted octanol–water partition coefficient (Wildman–Crippen LogP) is 3.87. The third-order valence-electron chi connectivity index (χ3n) is 2.79. The molecule has 0 fully saturated rings. The molecule has 0 aliphatic rings. The first-order valence-electron chi connectivity index (χ1n) is 5.98. The molecule has 98 valence electrons. The number of hydrogen-bond donors (Lipinski definition) is 0. The lowest BCUT2D eigenvalue weighted by molar-refractivity contribution is 0.934. The lowest BCUT2D eigenvalue weighted by atomic mass is 10.2. The van der Waals surface area contributed by atoms with Gasteiger partial charge in [-0.25, -0.2) is 4.98 Å². The predicted molar refractivity (Wildman–Crippen MR) is 79.8 cm³/mol. The molecule has 0 radical (unpaired) electrons. The Morgan fingerprint density at radius 3 is 2.89 bits per heavy atom. The zero-order valence-electron chi connectivity index (χ0n) is 10.9. The normalized spacial score (nSPS) is 10.2. The van der Waals surface area contributed by atoms with Crippen molar-refractivity contribution in [2.24, 2.45) is 0 Å². The van der Waals surface area contributed by atoms with Gasteiger partial charge in [0.2, 0.25) is 0 Å². The van der Waals surface area contributed by atoms with Crippen LogP contribution in [0.2, 0.25) is 5.02 Å². The Labute approximate surface area is 122 Å². The number of anilines is 1. The molecule has 3 nitrogen and oxygen atoms in total. The molecule has 0 aliphatic carbocycles. The Bertz CT molecular complexity index is 615. The van der Waals surface area contributed by atoms with E-state index in [9.17, 15) is 0 Å². The molecule has 0 saturated carbocycles. The van der Waals surface area contributed by atoms with Crippen LogP contribution in [0.3, 0.4) is 0 Å². The smallest absolute Gasteiger partial charge is 0.101 e. The zero-order valence-corrected chi connectivity index (χ0v) is 12.4. The molecule has 2 rings (SSSR count). The summed E-state index contributed by atoms with van der Waals surface area (Å²) in [6.07, 6.45) is 2.85. The van der Waals surface area contributed by atoms with Crippen LogP contribution in [-0.4, -0.2) is 12.0 Å². The van der Waals surface area contributed by atoms with Gasteiger partial charge in [-0.15, -0.1) is 11.3 Å². The van der Waals surface area contributed by atoms with Crippen LogP contribution in [0.4, 0.5) is 5.69 Å². The second-order valence-electron chi connectivity index (χ2n) is 4.20. The third-order valence-corrected chi connectivity index (χ3v) is 4.15. The lowest BCUT2D eigenvalue weighted by Crippen LogP contribution is -2.16. The minimum Gasteiger partial charge on any atom is -0.368 e. The number of halogens is 1. The Morgan fingerprint density at radius 2 is 2.26 bits per heavy atom. The average Bonchev–Trinajstić information content (AvgIpc) is 2.86. The van der Waals surface area contributed by atoms with Crippen LogP contribution < -0.4 is 4.90 Å². The molecule has 1 heterocycles. The van der Waals surface area contributed by atoms with Gasteiger partial charge in [0, 0.05) is 23.1 Å². The maximum absolute atomic E-state index is 9.14. The maximum Gasteiger partial charge on any atom is 0.101 e. The van der Waals surface area contributed by atoms with Gasteiger partial charge in [0.05, 0.1) is 22.8 Å². The van der Waals surface area contributed by atoms with Crippen LogP contribution in [0, 0.1) is 11.3 Å². The van der Waals surface area contributed by atoms with Crippen molar-refractivity contribution in [1.29, 1.82) is 5.26 Å². The van der Waals surface area contributed by atoms with Crippen LogP contribution >= 0.6 is 22.9 Å². The first-order chi connectivity index (χ1) is 9.13. The van der Waals surface area contributed by atoms with Crippen LogP contribution in [0.1, 0.15) is 22.4 Å². The van der Waals surface area contributed by atoms with Crippen molar-refractivity contribution in [2.45, 2.75) is 19.9 Å². The van der Waals surface area contributed by atoms with E-state index in [1.807, 2.05) is 24.2 Å². The number of aryl methyl sites for hydroxylation is 1. The molecule has 0 unspecified atom stereocenters. The molecule has 2 aromatic rings. The summed E-state index contributed by atoms with van der Waals surface area (Å²) in [6.45, 7) is 2.82. The molecule has 0 atom stereocenters. The van der Waals surface area contributed by atoms with Gasteiger partial charge in [0.15, 0.2) is 0 Å². The summed E-state index contributed by atoms with van der Waals surface area (Å²) in [5.41, 5.74) is 1.48. The second kappa shape index (κ2) is 6.05. The Kier molecular flexibility index (Phi) is 4.41. The van der Waals surface area contributed by atoms with Crippen LogP contribution in [0.5, 0.6) is 0 Å². The molecular formula is C14H14ClN3S. The summed E-state index contributed by atoms with van der Waals surface area (Å²) >= 11 is 7.71. The monoisotopic (exact) mass is 291 g/mol. The maximum atomic E-state index is 9.14. The minimum absolute atomic E-state index is 0.632. The molecule has 1 aromatic heterocycles. The van der Waals surface area contributed by atoms with Crippen LogP contribution in [-0.2, 0) is 13.0 Å². The van der Waals surface area contributed by atoms with E-state index in [0.717, 1.165) is 23.7 Å². The van der Waals surface area contributed by atoms with Gasteiger partial charge < -0.3 is 4.90 Å². The van der Waals surface area contributed by atoms with E-state index in [1.54, 1.807) is 23.5 Å². The fraction of sp³-hybridized carbons (Fsp3) is 0.286.